The van der Waals surface area contributed by atoms with Crippen molar-refractivity contribution in [1.29, 1.82) is 0 Å². The Hall–Kier alpha value is -3.33. The molecule has 3 rings (SSSR count). The molecule has 0 saturated carbocycles. The van der Waals surface area contributed by atoms with Crippen LogP contribution in [0.4, 0.5) is 28.9 Å². The summed E-state index contributed by atoms with van der Waals surface area (Å²) in [6.07, 6.45) is -1.75. The average molecular weight is 478 g/mol. The number of anilines is 2. The molecule has 0 aromatic heterocycles. The number of hydrogen-bond donors (Lipinski definition) is 3. The molecule has 182 valence electrons. The first-order valence-corrected chi connectivity index (χ1v) is 10.8. The first-order valence-electron chi connectivity index (χ1n) is 10.8. The molecule has 9 heteroatoms. The van der Waals surface area contributed by atoms with Crippen LogP contribution in [-0.2, 0) is 6.18 Å². The SMILES string of the molecule is C=C/C(=C\C)c1cc(NC(=O)c2ccc(O)cc2C(F)(F)F)c(N2CC(C)N[C@H](C)C2)cc1F. The number of piperazine rings is 1. The summed E-state index contributed by atoms with van der Waals surface area (Å²) in [7, 11) is 0. The lowest BCUT2D eigenvalue weighted by molar-refractivity contribution is -0.138. The van der Waals surface area contributed by atoms with Gasteiger partial charge in [0.1, 0.15) is 11.6 Å². The zero-order chi connectivity index (χ0) is 25.2. The Morgan fingerprint density at radius 1 is 1.18 bits per heavy atom. The van der Waals surface area contributed by atoms with Crippen molar-refractivity contribution < 1.29 is 27.5 Å². The number of phenols is 1. The molecule has 2 atom stereocenters. The van der Waals surface area contributed by atoms with Crippen molar-refractivity contribution in [2.75, 3.05) is 23.3 Å². The fraction of sp³-hybridized carbons (Fsp3) is 0.320. The molecular formula is C25H27F4N3O2. The fourth-order valence-corrected chi connectivity index (χ4v) is 4.21. The number of nitrogens with one attached hydrogen (secondary N) is 2. The van der Waals surface area contributed by atoms with Crippen molar-refractivity contribution in [3.05, 3.63) is 71.6 Å². The number of amides is 1. The molecule has 1 heterocycles. The number of carbonyl (C=O) groups is 1. The smallest absolute Gasteiger partial charge is 0.417 e. The van der Waals surface area contributed by atoms with E-state index in [2.05, 4.69) is 17.2 Å². The molecule has 0 aliphatic carbocycles. The maximum Gasteiger partial charge on any atom is 0.417 e. The van der Waals surface area contributed by atoms with Crippen LogP contribution >= 0.6 is 0 Å². The maximum atomic E-state index is 15.1. The molecule has 1 amide bonds. The Balaban J connectivity index is 2.11. The number of allylic oxidation sites excluding steroid dienone is 3. The fourth-order valence-electron chi connectivity index (χ4n) is 4.21. The van der Waals surface area contributed by atoms with Crippen LogP contribution in [0.25, 0.3) is 5.57 Å². The van der Waals surface area contributed by atoms with E-state index in [-0.39, 0.29) is 23.3 Å². The van der Waals surface area contributed by atoms with E-state index in [4.69, 9.17) is 0 Å². The van der Waals surface area contributed by atoms with Crippen LogP contribution in [0.2, 0.25) is 0 Å². The molecule has 0 spiro atoms. The summed E-state index contributed by atoms with van der Waals surface area (Å²) in [6, 6.07) is 5.26. The van der Waals surface area contributed by atoms with Crippen molar-refractivity contribution in [3.63, 3.8) is 0 Å². The number of hydrogen-bond acceptors (Lipinski definition) is 4. The Morgan fingerprint density at radius 2 is 1.82 bits per heavy atom. The molecule has 2 aromatic rings. The van der Waals surface area contributed by atoms with Crippen LogP contribution in [0.3, 0.4) is 0 Å². The third-order valence-electron chi connectivity index (χ3n) is 5.63. The lowest BCUT2D eigenvalue weighted by Crippen LogP contribution is -2.54. The summed E-state index contributed by atoms with van der Waals surface area (Å²) >= 11 is 0. The van der Waals surface area contributed by atoms with Crippen LogP contribution in [-0.4, -0.2) is 36.2 Å². The lowest BCUT2D eigenvalue weighted by Gasteiger charge is -2.38. The molecule has 2 aromatic carbocycles. The maximum absolute atomic E-state index is 15.1. The van der Waals surface area contributed by atoms with Gasteiger partial charge >= 0.3 is 6.18 Å². The Bertz CT molecular complexity index is 1120. The van der Waals surface area contributed by atoms with E-state index in [1.165, 1.54) is 18.2 Å². The number of carbonyl (C=O) groups excluding carboxylic acids is 1. The molecule has 1 saturated heterocycles. The van der Waals surface area contributed by atoms with E-state index in [9.17, 15) is 23.1 Å². The number of alkyl halides is 3. The van der Waals surface area contributed by atoms with Crippen molar-refractivity contribution in [3.8, 4) is 5.75 Å². The second kappa shape index (κ2) is 9.89. The van der Waals surface area contributed by atoms with Crippen molar-refractivity contribution >= 4 is 22.9 Å². The van der Waals surface area contributed by atoms with E-state index in [0.717, 1.165) is 12.1 Å². The number of aromatic hydroxyl groups is 1. The minimum absolute atomic E-state index is 0.0724. The van der Waals surface area contributed by atoms with Gasteiger partial charge in [0.2, 0.25) is 0 Å². The number of phenolic OH excluding ortho intramolecular Hbond substituents is 1. The van der Waals surface area contributed by atoms with Gasteiger partial charge in [0, 0.05) is 30.7 Å². The molecule has 0 bridgehead atoms. The topological polar surface area (TPSA) is 64.6 Å². The van der Waals surface area contributed by atoms with Gasteiger partial charge in [0.25, 0.3) is 5.91 Å². The molecule has 5 nitrogen and oxygen atoms in total. The zero-order valence-electron chi connectivity index (χ0n) is 19.1. The first-order chi connectivity index (χ1) is 15.9. The summed E-state index contributed by atoms with van der Waals surface area (Å²) < 4.78 is 55.7. The minimum atomic E-state index is -4.85. The Kier molecular flexibility index (Phi) is 7.35. The summed E-state index contributed by atoms with van der Waals surface area (Å²) in [5.74, 6) is -2.18. The molecular weight excluding hydrogens is 450 g/mol. The van der Waals surface area contributed by atoms with Crippen LogP contribution in [0.15, 0.2) is 49.1 Å². The quantitative estimate of drug-likeness (QED) is 0.389. The second-order valence-electron chi connectivity index (χ2n) is 8.35. The first kappa shape index (κ1) is 25.3. The number of nitrogens with zero attached hydrogens (tertiary/aromatic N) is 1. The third-order valence-corrected chi connectivity index (χ3v) is 5.63. The minimum Gasteiger partial charge on any atom is -0.508 e. The summed E-state index contributed by atoms with van der Waals surface area (Å²) in [4.78, 5) is 14.9. The van der Waals surface area contributed by atoms with Crippen LogP contribution < -0.4 is 15.5 Å². The highest BCUT2D eigenvalue weighted by Gasteiger charge is 2.36. The van der Waals surface area contributed by atoms with Gasteiger partial charge in [-0.25, -0.2) is 4.39 Å². The van der Waals surface area contributed by atoms with E-state index < -0.39 is 34.8 Å². The second-order valence-corrected chi connectivity index (χ2v) is 8.35. The van der Waals surface area contributed by atoms with E-state index >= 15 is 4.39 Å². The average Bonchev–Trinajstić information content (AvgIpc) is 2.75. The van der Waals surface area contributed by atoms with Gasteiger partial charge < -0.3 is 20.6 Å². The monoisotopic (exact) mass is 477 g/mol. The van der Waals surface area contributed by atoms with Crippen molar-refractivity contribution in [1.82, 2.24) is 5.32 Å². The van der Waals surface area contributed by atoms with Gasteiger partial charge in [0.15, 0.2) is 0 Å². The van der Waals surface area contributed by atoms with Crippen LogP contribution in [0.5, 0.6) is 5.75 Å². The normalized spacial score (nSPS) is 19.1. The highest BCUT2D eigenvalue weighted by Crippen LogP contribution is 2.37. The molecule has 34 heavy (non-hydrogen) atoms. The van der Waals surface area contributed by atoms with E-state index in [1.807, 2.05) is 18.7 Å². The third kappa shape index (κ3) is 5.41. The number of rotatable bonds is 5. The number of benzene rings is 2. The summed E-state index contributed by atoms with van der Waals surface area (Å²) in [5.41, 5.74) is -0.749. The molecule has 1 aliphatic heterocycles. The molecule has 1 fully saturated rings. The van der Waals surface area contributed by atoms with Gasteiger partial charge in [-0.3, -0.25) is 4.79 Å². The Morgan fingerprint density at radius 3 is 2.38 bits per heavy atom. The summed E-state index contributed by atoms with van der Waals surface area (Å²) in [6.45, 7) is 10.3. The van der Waals surface area contributed by atoms with Gasteiger partial charge in [-0.2, -0.15) is 13.2 Å². The highest BCUT2D eigenvalue weighted by molar-refractivity contribution is 6.07. The molecule has 0 radical (unpaired) electrons. The van der Waals surface area contributed by atoms with Gasteiger partial charge in [-0.05, 0) is 56.7 Å². The summed E-state index contributed by atoms with van der Waals surface area (Å²) in [5, 5.41) is 15.4. The van der Waals surface area contributed by atoms with E-state index in [1.54, 1.807) is 13.0 Å². The predicted molar refractivity (Wildman–Crippen MR) is 126 cm³/mol. The zero-order valence-corrected chi connectivity index (χ0v) is 19.1. The van der Waals surface area contributed by atoms with Crippen molar-refractivity contribution in [2.45, 2.75) is 39.0 Å². The van der Waals surface area contributed by atoms with Crippen LogP contribution in [0.1, 0.15) is 42.3 Å². The van der Waals surface area contributed by atoms with Gasteiger partial charge in [0.05, 0.1) is 22.5 Å². The van der Waals surface area contributed by atoms with Crippen LogP contribution in [0, 0.1) is 5.82 Å². The largest absolute Gasteiger partial charge is 0.508 e. The molecule has 1 unspecified atom stereocenters. The Labute approximate surface area is 195 Å². The van der Waals surface area contributed by atoms with Gasteiger partial charge in [-0.15, -0.1) is 0 Å². The molecule has 1 aliphatic rings. The standard InChI is InChI=1S/C25H27F4N3O2/c1-5-16(6-2)19-10-22(23(11-21(19)26)32-12-14(3)30-15(4)13-32)31-24(34)18-8-7-17(33)9-20(18)25(27,28)29/h5-11,14-15,30,33H,1,12-13H2,2-4H3,(H,31,34)/b16-6+/t14-,15?/m1/s1. The van der Waals surface area contributed by atoms with Crippen molar-refractivity contribution in [2.24, 2.45) is 0 Å². The predicted octanol–water partition coefficient (Wildman–Crippen LogP) is 5.58. The van der Waals surface area contributed by atoms with Gasteiger partial charge in [-0.1, -0.05) is 18.7 Å². The number of halogens is 4. The van der Waals surface area contributed by atoms with E-state index in [0.29, 0.717) is 30.4 Å². The molecule has 3 N–H and O–H groups in total. The lowest BCUT2D eigenvalue weighted by atomic mass is 10.0. The highest BCUT2D eigenvalue weighted by atomic mass is 19.4.